The highest BCUT2D eigenvalue weighted by Crippen LogP contribution is 2.34. The van der Waals surface area contributed by atoms with Crippen molar-refractivity contribution in [2.24, 2.45) is 0 Å². The average Bonchev–Trinajstić information content (AvgIpc) is 2.48. The van der Waals surface area contributed by atoms with Gasteiger partial charge in [-0.15, -0.1) is 0 Å². The number of ether oxygens (including phenoxy) is 1. The van der Waals surface area contributed by atoms with Crippen molar-refractivity contribution in [3.8, 4) is 16.9 Å². The first-order valence-electron chi connectivity index (χ1n) is 6.50. The van der Waals surface area contributed by atoms with Crippen LogP contribution in [-0.2, 0) is 4.79 Å². The zero-order valence-electron chi connectivity index (χ0n) is 11.3. The maximum Gasteiger partial charge on any atom is 0.335 e. The molecule has 0 saturated heterocycles. The van der Waals surface area contributed by atoms with Crippen molar-refractivity contribution < 1.29 is 19.4 Å². The van der Waals surface area contributed by atoms with Crippen LogP contribution in [0.15, 0.2) is 42.5 Å². The Bertz CT molecular complexity index is 739. The topological polar surface area (TPSA) is 75.6 Å². The minimum Gasteiger partial charge on any atom is -0.479 e. The fraction of sp³-hybridized carbons (Fsp3) is 0.125. The molecular formula is C16H13NO4. The van der Waals surface area contributed by atoms with E-state index in [1.54, 1.807) is 31.2 Å². The number of amides is 1. The molecule has 5 nitrogen and oxygen atoms in total. The Morgan fingerprint density at radius 1 is 1.19 bits per heavy atom. The van der Waals surface area contributed by atoms with Gasteiger partial charge < -0.3 is 15.2 Å². The number of carbonyl (C=O) groups is 2. The summed E-state index contributed by atoms with van der Waals surface area (Å²) in [5.74, 6) is -0.556. The number of nitrogens with one attached hydrogen (secondary N) is 1. The standard InChI is InChI=1S/C16H13NO4/c1-9-15(18)17-13-8-11(5-6-14(13)21-9)10-3-2-4-12(7-10)16(19)20/h2-9H,1H3,(H,17,18)(H,19,20). The molecule has 1 amide bonds. The Hall–Kier alpha value is -2.82. The first-order chi connectivity index (χ1) is 10.0. The maximum atomic E-state index is 11.6. The molecule has 3 rings (SSSR count). The fourth-order valence-electron chi connectivity index (χ4n) is 2.22. The van der Waals surface area contributed by atoms with E-state index in [1.807, 2.05) is 12.1 Å². The highest BCUT2D eigenvalue weighted by molar-refractivity contribution is 5.98. The van der Waals surface area contributed by atoms with E-state index in [4.69, 9.17) is 9.84 Å². The van der Waals surface area contributed by atoms with Crippen LogP contribution in [0.2, 0.25) is 0 Å². The van der Waals surface area contributed by atoms with E-state index in [0.29, 0.717) is 11.4 Å². The minimum absolute atomic E-state index is 0.195. The number of carbonyl (C=O) groups excluding carboxylic acids is 1. The lowest BCUT2D eigenvalue weighted by Gasteiger charge is -2.23. The van der Waals surface area contributed by atoms with Gasteiger partial charge >= 0.3 is 5.97 Å². The van der Waals surface area contributed by atoms with Crippen molar-refractivity contribution >= 4 is 17.6 Å². The third kappa shape index (κ3) is 2.45. The highest BCUT2D eigenvalue weighted by Gasteiger charge is 2.23. The van der Waals surface area contributed by atoms with Crippen LogP contribution in [-0.4, -0.2) is 23.1 Å². The van der Waals surface area contributed by atoms with Crippen LogP contribution < -0.4 is 10.1 Å². The quantitative estimate of drug-likeness (QED) is 0.888. The Balaban J connectivity index is 2.01. The molecular weight excluding hydrogens is 270 g/mol. The second-order valence-electron chi connectivity index (χ2n) is 4.85. The molecule has 1 unspecified atom stereocenters. The van der Waals surface area contributed by atoms with Gasteiger partial charge in [-0.2, -0.15) is 0 Å². The minimum atomic E-state index is -0.972. The van der Waals surface area contributed by atoms with Crippen LogP contribution in [0.4, 0.5) is 5.69 Å². The van der Waals surface area contributed by atoms with E-state index in [2.05, 4.69) is 5.32 Å². The van der Waals surface area contributed by atoms with Crippen LogP contribution >= 0.6 is 0 Å². The second kappa shape index (κ2) is 4.94. The van der Waals surface area contributed by atoms with Gasteiger partial charge in [0.15, 0.2) is 6.10 Å². The molecule has 2 aromatic rings. The number of hydrogen-bond donors (Lipinski definition) is 2. The van der Waals surface area contributed by atoms with E-state index in [1.165, 1.54) is 6.07 Å². The van der Waals surface area contributed by atoms with Crippen molar-refractivity contribution in [1.29, 1.82) is 0 Å². The van der Waals surface area contributed by atoms with Gasteiger partial charge in [0.1, 0.15) is 5.75 Å². The van der Waals surface area contributed by atoms with Crippen LogP contribution in [0.5, 0.6) is 5.75 Å². The molecule has 0 aliphatic carbocycles. The predicted octanol–water partition coefficient (Wildman–Crippen LogP) is 2.77. The summed E-state index contributed by atoms with van der Waals surface area (Å²) in [5, 5.41) is 11.8. The normalized spacial score (nSPS) is 16.6. The van der Waals surface area contributed by atoms with Gasteiger partial charge in [0.05, 0.1) is 11.3 Å². The third-order valence-corrected chi connectivity index (χ3v) is 3.35. The smallest absolute Gasteiger partial charge is 0.335 e. The van der Waals surface area contributed by atoms with Gasteiger partial charge in [0.2, 0.25) is 0 Å². The summed E-state index contributed by atoms with van der Waals surface area (Å²) in [6.45, 7) is 1.68. The van der Waals surface area contributed by atoms with Crippen LogP contribution in [0.3, 0.4) is 0 Å². The second-order valence-corrected chi connectivity index (χ2v) is 4.85. The molecule has 0 bridgehead atoms. The number of anilines is 1. The molecule has 106 valence electrons. The summed E-state index contributed by atoms with van der Waals surface area (Å²) in [6, 6.07) is 12.0. The molecule has 2 aromatic carbocycles. The van der Waals surface area contributed by atoms with E-state index in [-0.39, 0.29) is 11.5 Å². The van der Waals surface area contributed by atoms with Crippen molar-refractivity contribution in [2.75, 3.05) is 5.32 Å². The molecule has 21 heavy (non-hydrogen) atoms. The summed E-state index contributed by atoms with van der Waals surface area (Å²) in [5.41, 5.74) is 2.40. The third-order valence-electron chi connectivity index (χ3n) is 3.35. The molecule has 0 aromatic heterocycles. The van der Waals surface area contributed by atoms with E-state index >= 15 is 0 Å². The number of aromatic carboxylic acids is 1. The molecule has 0 radical (unpaired) electrons. The van der Waals surface area contributed by atoms with Crippen molar-refractivity contribution in [2.45, 2.75) is 13.0 Å². The number of rotatable bonds is 2. The number of fused-ring (bicyclic) bond motifs is 1. The van der Waals surface area contributed by atoms with Crippen molar-refractivity contribution in [3.05, 3.63) is 48.0 Å². The van der Waals surface area contributed by atoms with Crippen molar-refractivity contribution in [3.63, 3.8) is 0 Å². The number of benzene rings is 2. The summed E-state index contributed by atoms with van der Waals surface area (Å²) in [7, 11) is 0. The molecule has 1 aliphatic rings. The molecule has 1 heterocycles. The molecule has 0 saturated carbocycles. The summed E-state index contributed by atoms with van der Waals surface area (Å²) < 4.78 is 5.49. The van der Waals surface area contributed by atoms with E-state index in [9.17, 15) is 9.59 Å². The molecule has 0 fully saturated rings. The molecule has 5 heteroatoms. The van der Waals surface area contributed by atoms with Gasteiger partial charge in [0.25, 0.3) is 5.91 Å². The van der Waals surface area contributed by atoms with E-state index in [0.717, 1.165) is 11.1 Å². The fourth-order valence-corrected chi connectivity index (χ4v) is 2.22. The molecule has 0 spiro atoms. The van der Waals surface area contributed by atoms with Crippen molar-refractivity contribution in [1.82, 2.24) is 0 Å². The summed E-state index contributed by atoms with van der Waals surface area (Å²) in [4.78, 5) is 22.7. The summed E-state index contributed by atoms with van der Waals surface area (Å²) in [6.07, 6.45) is -0.515. The Morgan fingerprint density at radius 3 is 2.71 bits per heavy atom. The predicted molar refractivity (Wildman–Crippen MR) is 77.6 cm³/mol. The van der Waals surface area contributed by atoms with Gasteiger partial charge in [-0.1, -0.05) is 18.2 Å². The lowest BCUT2D eigenvalue weighted by atomic mass is 10.0. The Kier molecular flexibility index (Phi) is 3.10. The number of carboxylic acids is 1. The first-order valence-corrected chi connectivity index (χ1v) is 6.50. The Morgan fingerprint density at radius 2 is 1.95 bits per heavy atom. The highest BCUT2D eigenvalue weighted by atomic mass is 16.5. The van der Waals surface area contributed by atoms with Gasteiger partial charge in [-0.25, -0.2) is 4.79 Å². The van der Waals surface area contributed by atoms with Gasteiger partial charge in [-0.05, 0) is 42.3 Å². The van der Waals surface area contributed by atoms with Gasteiger partial charge in [-0.3, -0.25) is 4.79 Å². The maximum absolute atomic E-state index is 11.6. The number of hydrogen-bond acceptors (Lipinski definition) is 3. The zero-order valence-corrected chi connectivity index (χ0v) is 11.3. The molecule has 1 atom stereocenters. The lowest BCUT2D eigenvalue weighted by molar-refractivity contribution is -0.122. The van der Waals surface area contributed by atoms with Crippen LogP contribution in [0.1, 0.15) is 17.3 Å². The lowest BCUT2D eigenvalue weighted by Crippen LogP contribution is -2.34. The largest absolute Gasteiger partial charge is 0.479 e. The first kappa shape index (κ1) is 13.2. The van der Waals surface area contributed by atoms with Gasteiger partial charge in [0, 0.05) is 0 Å². The van der Waals surface area contributed by atoms with Crippen LogP contribution in [0.25, 0.3) is 11.1 Å². The van der Waals surface area contributed by atoms with Crippen LogP contribution in [0, 0.1) is 0 Å². The summed E-state index contributed by atoms with van der Waals surface area (Å²) >= 11 is 0. The number of carboxylic acid groups (broad SMARTS) is 1. The zero-order chi connectivity index (χ0) is 15.0. The van der Waals surface area contributed by atoms with E-state index < -0.39 is 12.1 Å². The SMILES string of the molecule is CC1Oc2ccc(-c3cccc(C(=O)O)c3)cc2NC1=O. The Labute approximate surface area is 121 Å². The monoisotopic (exact) mass is 283 g/mol. The molecule has 2 N–H and O–H groups in total. The molecule has 1 aliphatic heterocycles. The average molecular weight is 283 g/mol.